The van der Waals surface area contributed by atoms with Gasteiger partial charge in [0.1, 0.15) is 12.1 Å². The van der Waals surface area contributed by atoms with E-state index in [2.05, 4.69) is 0 Å². The van der Waals surface area contributed by atoms with Crippen LogP contribution in [0.5, 0.6) is 0 Å². The quantitative estimate of drug-likeness (QED) is 0.564. The summed E-state index contributed by atoms with van der Waals surface area (Å²) in [5.41, 5.74) is -1.07. The van der Waals surface area contributed by atoms with Crippen molar-refractivity contribution in [2.45, 2.75) is 19.4 Å². The van der Waals surface area contributed by atoms with Crippen LogP contribution in [-0.2, 0) is 9.59 Å². The fraction of sp³-hybridized carbons (Fsp3) is 0.571. The number of aliphatic carboxylic acids is 1. The number of hydrogen-bond donors (Lipinski definition) is 2. The summed E-state index contributed by atoms with van der Waals surface area (Å²) in [7, 11) is 0. The van der Waals surface area contributed by atoms with Gasteiger partial charge in [-0.3, -0.25) is 19.8 Å². The zero-order chi connectivity index (χ0) is 10.2. The first kappa shape index (κ1) is 9.50. The van der Waals surface area contributed by atoms with Gasteiger partial charge >= 0.3 is 12.0 Å². The summed E-state index contributed by atoms with van der Waals surface area (Å²) in [5.74, 6) is -1.61. The molecule has 0 unspecified atom stereocenters. The predicted octanol–water partition coefficient (Wildman–Crippen LogP) is -0.599. The van der Waals surface area contributed by atoms with Gasteiger partial charge in [0.2, 0.25) is 0 Å². The Hall–Kier alpha value is -1.59. The minimum atomic E-state index is -1.14. The Morgan fingerprint density at radius 1 is 1.54 bits per heavy atom. The molecule has 72 valence electrons. The molecule has 0 bridgehead atoms. The number of hydrogen-bond acceptors (Lipinski definition) is 3. The first-order chi connectivity index (χ1) is 5.85. The smallest absolute Gasteiger partial charge is 0.325 e. The van der Waals surface area contributed by atoms with Crippen LogP contribution in [0, 0.1) is 0 Å². The van der Waals surface area contributed by atoms with Gasteiger partial charge in [-0.2, -0.15) is 0 Å². The Morgan fingerprint density at radius 3 is 2.38 bits per heavy atom. The van der Waals surface area contributed by atoms with Gasteiger partial charge in [0.15, 0.2) is 0 Å². The van der Waals surface area contributed by atoms with Crippen LogP contribution in [0.25, 0.3) is 0 Å². The molecule has 0 spiro atoms. The molecule has 0 atom stereocenters. The SMILES string of the molecule is CC1(C)C(=O)NC(=O)N1CC(=O)O. The molecular formula is C7H10N2O4. The monoisotopic (exact) mass is 186 g/mol. The van der Waals surface area contributed by atoms with E-state index in [0.717, 1.165) is 4.90 Å². The first-order valence-electron chi connectivity index (χ1n) is 3.70. The highest BCUT2D eigenvalue weighted by atomic mass is 16.4. The minimum Gasteiger partial charge on any atom is -0.480 e. The number of imide groups is 1. The molecule has 0 radical (unpaired) electrons. The zero-order valence-corrected chi connectivity index (χ0v) is 7.33. The summed E-state index contributed by atoms with van der Waals surface area (Å²) in [5, 5.41) is 10.5. The highest BCUT2D eigenvalue weighted by Gasteiger charge is 2.46. The number of carboxylic acids is 1. The topological polar surface area (TPSA) is 86.7 Å². The summed E-state index contributed by atoms with van der Waals surface area (Å²) >= 11 is 0. The number of urea groups is 1. The van der Waals surface area contributed by atoms with Crippen molar-refractivity contribution in [3.63, 3.8) is 0 Å². The number of amides is 3. The van der Waals surface area contributed by atoms with Crippen molar-refractivity contribution in [1.82, 2.24) is 10.2 Å². The number of carbonyl (C=O) groups excluding carboxylic acids is 2. The van der Waals surface area contributed by atoms with E-state index in [1.165, 1.54) is 13.8 Å². The zero-order valence-electron chi connectivity index (χ0n) is 7.33. The molecule has 0 aromatic rings. The van der Waals surface area contributed by atoms with Gasteiger partial charge in [0.05, 0.1) is 0 Å². The van der Waals surface area contributed by atoms with Crippen molar-refractivity contribution in [3.8, 4) is 0 Å². The largest absolute Gasteiger partial charge is 0.480 e. The maximum absolute atomic E-state index is 11.1. The molecular weight excluding hydrogens is 176 g/mol. The second-order valence-electron chi connectivity index (χ2n) is 3.30. The van der Waals surface area contributed by atoms with Crippen LogP contribution in [0.2, 0.25) is 0 Å². The van der Waals surface area contributed by atoms with E-state index in [0.29, 0.717) is 0 Å². The van der Waals surface area contributed by atoms with E-state index in [4.69, 9.17) is 5.11 Å². The van der Waals surface area contributed by atoms with Crippen LogP contribution >= 0.6 is 0 Å². The Bertz CT molecular complexity index is 284. The highest BCUT2D eigenvalue weighted by Crippen LogP contribution is 2.19. The number of nitrogens with one attached hydrogen (secondary N) is 1. The van der Waals surface area contributed by atoms with E-state index in [-0.39, 0.29) is 0 Å². The molecule has 2 N–H and O–H groups in total. The van der Waals surface area contributed by atoms with Gasteiger partial charge in [0.25, 0.3) is 5.91 Å². The van der Waals surface area contributed by atoms with Gasteiger partial charge in [-0.05, 0) is 13.8 Å². The van der Waals surface area contributed by atoms with Crippen molar-refractivity contribution in [1.29, 1.82) is 0 Å². The standard InChI is InChI=1S/C7H10N2O4/c1-7(2)5(12)8-6(13)9(7)3-4(10)11/h3H2,1-2H3,(H,10,11)(H,8,12,13). The lowest BCUT2D eigenvalue weighted by molar-refractivity contribution is -0.139. The van der Waals surface area contributed by atoms with Crippen LogP contribution in [-0.4, -0.2) is 40.0 Å². The maximum Gasteiger partial charge on any atom is 0.325 e. The Balaban J connectivity index is 2.88. The van der Waals surface area contributed by atoms with Crippen LogP contribution in [0.15, 0.2) is 0 Å². The van der Waals surface area contributed by atoms with E-state index < -0.39 is 30.0 Å². The van der Waals surface area contributed by atoms with Crippen molar-refractivity contribution in [2.75, 3.05) is 6.54 Å². The lowest BCUT2D eigenvalue weighted by atomic mass is 10.0. The van der Waals surface area contributed by atoms with E-state index in [9.17, 15) is 14.4 Å². The van der Waals surface area contributed by atoms with Crippen LogP contribution < -0.4 is 5.32 Å². The predicted molar refractivity (Wildman–Crippen MR) is 42.0 cm³/mol. The van der Waals surface area contributed by atoms with Crippen molar-refractivity contribution in [3.05, 3.63) is 0 Å². The van der Waals surface area contributed by atoms with Crippen LogP contribution in [0.3, 0.4) is 0 Å². The molecule has 3 amide bonds. The summed E-state index contributed by atoms with van der Waals surface area (Å²) < 4.78 is 0. The second-order valence-corrected chi connectivity index (χ2v) is 3.30. The van der Waals surface area contributed by atoms with Gasteiger partial charge < -0.3 is 5.11 Å². The fourth-order valence-corrected chi connectivity index (χ4v) is 1.10. The minimum absolute atomic E-state index is 0.468. The molecule has 0 aromatic heterocycles. The Labute approximate surface area is 74.5 Å². The summed E-state index contributed by atoms with van der Waals surface area (Å²) in [4.78, 5) is 33.5. The molecule has 1 saturated heterocycles. The molecule has 1 fully saturated rings. The molecule has 1 aliphatic heterocycles. The number of carboxylic acid groups (broad SMARTS) is 1. The maximum atomic E-state index is 11.1. The number of nitrogens with zero attached hydrogens (tertiary/aromatic N) is 1. The molecule has 6 heteroatoms. The average Bonchev–Trinajstić information content (AvgIpc) is 2.13. The van der Waals surface area contributed by atoms with E-state index in [1.807, 2.05) is 5.32 Å². The average molecular weight is 186 g/mol. The molecule has 0 aliphatic carbocycles. The number of carbonyl (C=O) groups is 3. The third-order valence-electron chi connectivity index (χ3n) is 1.99. The van der Waals surface area contributed by atoms with Crippen molar-refractivity contribution < 1.29 is 19.5 Å². The third kappa shape index (κ3) is 1.47. The lowest BCUT2D eigenvalue weighted by Gasteiger charge is -2.25. The third-order valence-corrected chi connectivity index (χ3v) is 1.99. The molecule has 0 aromatic carbocycles. The molecule has 0 saturated carbocycles. The fourth-order valence-electron chi connectivity index (χ4n) is 1.10. The second kappa shape index (κ2) is 2.72. The first-order valence-corrected chi connectivity index (χ1v) is 3.70. The summed E-state index contributed by atoms with van der Waals surface area (Å²) in [6.07, 6.45) is 0. The summed E-state index contributed by atoms with van der Waals surface area (Å²) in [6, 6.07) is -0.655. The Morgan fingerprint density at radius 2 is 2.08 bits per heavy atom. The molecule has 1 heterocycles. The Kier molecular flexibility index (Phi) is 1.99. The van der Waals surface area contributed by atoms with Gasteiger partial charge in [-0.25, -0.2) is 4.79 Å². The normalized spacial score (nSPS) is 20.3. The van der Waals surface area contributed by atoms with Crippen LogP contribution in [0.1, 0.15) is 13.8 Å². The van der Waals surface area contributed by atoms with E-state index in [1.54, 1.807) is 0 Å². The summed E-state index contributed by atoms with van der Waals surface area (Å²) in [6.45, 7) is 2.52. The van der Waals surface area contributed by atoms with Crippen molar-refractivity contribution >= 4 is 17.9 Å². The van der Waals surface area contributed by atoms with Gasteiger partial charge in [-0.15, -0.1) is 0 Å². The highest BCUT2D eigenvalue weighted by molar-refractivity contribution is 6.07. The number of rotatable bonds is 2. The molecule has 13 heavy (non-hydrogen) atoms. The van der Waals surface area contributed by atoms with Gasteiger partial charge in [-0.1, -0.05) is 0 Å². The lowest BCUT2D eigenvalue weighted by Crippen LogP contribution is -2.46. The van der Waals surface area contributed by atoms with Gasteiger partial charge in [0, 0.05) is 0 Å². The van der Waals surface area contributed by atoms with Crippen LogP contribution in [0.4, 0.5) is 4.79 Å². The van der Waals surface area contributed by atoms with Crippen molar-refractivity contribution in [2.24, 2.45) is 0 Å². The van der Waals surface area contributed by atoms with E-state index >= 15 is 0 Å². The molecule has 1 rings (SSSR count). The molecule has 1 aliphatic rings. The molecule has 6 nitrogen and oxygen atoms in total.